The number of hydrogen-bond acceptors (Lipinski definition) is 4. The first-order chi connectivity index (χ1) is 13.5. The normalized spacial score (nSPS) is 37.0. The second-order valence-corrected chi connectivity index (χ2v) is 10.0. The Kier molecular flexibility index (Phi) is 5.98. The predicted molar refractivity (Wildman–Crippen MR) is 110 cm³/mol. The Morgan fingerprint density at radius 1 is 1.00 bits per heavy atom. The van der Waals surface area contributed by atoms with Gasteiger partial charge < -0.3 is 15.1 Å². The summed E-state index contributed by atoms with van der Waals surface area (Å²) in [6.45, 7) is 11.9. The average Bonchev–Trinajstić information content (AvgIpc) is 3.12. The van der Waals surface area contributed by atoms with Crippen LogP contribution < -0.4 is 5.32 Å². The summed E-state index contributed by atoms with van der Waals surface area (Å²) in [5.41, 5.74) is -0.143. The zero-order valence-corrected chi connectivity index (χ0v) is 17.8. The highest BCUT2D eigenvalue weighted by atomic mass is 16.2. The van der Waals surface area contributed by atoms with Crippen LogP contribution in [0.1, 0.15) is 46.0 Å². The number of hydrogen-bond donors (Lipinski definition) is 1. The van der Waals surface area contributed by atoms with E-state index in [0.29, 0.717) is 30.2 Å². The SMILES string of the molecule is CC1CC(C)CN(C(=O)CN2CCN(C(=O)[C@@]34CCCC[C@H]3CNC4)CC2)C1. The van der Waals surface area contributed by atoms with E-state index in [-0.39, 0.29) is 11.3 Å². The number of amides is 2. The minimum atomic E-state index is -0.143. The number of piperidine rings is 1. The number of carbonyl (C=O) groups excluding carboxylic acids is 2. The van der Waals surface area contributed by atoms with Crippen LogP contribution in [0.3, 0.4) is 0 Å². The van der Waals surface area contributed by atoms with Gasteiger partial charge in [0.05, 0.1) is 12.0 Å². The second-order valence-electron chi connectivity index (χ2n) is 10.0. The summed E-state index contributed by atoms with van der Waals surface area (Å²) in [6, 6.07) is 0. The Morgan fingerprint density at radius 2 is 1.71 bits per heavy atom. The van der Waals surface area contributed by atoms with Gasteiger partial charge in [-0.15, -0.1) is 0 Å². The highest BCUT2D eigenvalue weighted by Gasteiger charge is 2.51. The molecule has 4 rings (SSSR count). The molecule has 4 aliphatic rings. The smallest absolute Gasteiger partial charge is 0.236 e. The molecule has 6 heteroatoms. The van der Waals surface area contributed by atoms with Gasteiger partial charge in [0, 0.05) is 45.8 Å². The lowest BCUT2D eigenvalue weighted by molar-refractivity contribution is -0.147. The molecule has 4 atom stereocenters. The molecule has 2 unspecified atom stereocenters. The van der Waals surface area contributed by atoms with Gasteiger partial charge in [0.2, 0.25) is 11.8 Å². The predicted octanol–water partition coefficient (Wildman–Crippen LogP) is 1.41. The molecule has 2 amide bonds. The molecule has 6 nitrogen and oxygen atoms in total. The molecule has 3 aliphatic heterocycles. The van der Waals surface area contributed by atoms with Crippen molar-refractivity contribution in [3.63, 3.8) is 0 Å². The van der Waals surface area contributed by atoms with Crippen molar-refractivity contribution in [2.24, 2.45) is 23.2 Å². The summed E-state index contributed by atoms with van der Waals surface area (Å²) in [5.74, 6) is 2.38. The topological polar surface area (TPSA) is 55.9 Å². The fourth-order valence-electron chi connectivity index (χ4n) is 6.25. The van der Waals surface area contributed by atoms with Crippen LogP contribution in [-0.4, -0.2) is 85.4 Å². The van der Waals surface area contributed by atoms with E-state index in [9.17, 15) is 9.59 Å². The highest BCUT2D eigenvalue weighted by Crippen LogP contribution is 2.45. The molecule has 0 bridgehead atoms. The number of piperazine rings is 1. The Hall–Kier alpha value is -1.14. The van der Waals surface area contributed by atoms with E-state index >= 15 is 0 Å². The van der Waals surface area contributed by atoms with E-state index in [4.69, 9.17) is 0 Å². The van der Waals surface area contributed by atoms with Gasteiger partial charge in [0.25, 0.3) is 0 Å². The lowest BCUT2D eigenvalue weighted by atomic mass is 9.67. The maximum absolute atomic E-state index is 13.4. The summed E-state index contributed by atoms with van der Waals surface area (Å²) in [7, 11) is 0. The van der Waals surface area contributed by atoms with Gasteiger partial charge in [0.15, 0.2) is 0 Å². The van der Waals surface area contributed by atoms with E-state index in [1.165, 1.54) is 25.7 Å². The third kappa shape index (κ3) is 3.95. The molecule has 1 N–H and O–H groups in total. The summed E-state index contributed by atoms with van der Waals surface area (Å²) in [4.78, 5) is 32.6. The van der Waals surface area contributed by atoms with Crippen LogP contribution in [-0.2, 0) is 9.59 Å². The molecule has 0 radical (unpaired) electrons. The molecule has 0 aromatic carbocycles. The number of nitrogens with zero attached hydrogens (tertiary/aromatic N) is 3. The van der Waals surface area contributed by atoms with E-state index < -0.39 is 0 Å². The summed E-state index contributed by atoms with van der Waals surface area (Å²) in [6.07, 6.45) is 5.92. The minimum absolute atomic E-state index is 0.143. The molecule has 0 aromatic rings. The average molecular weight is 391 g/mol. The molecule has 1 saturated carbocycles. The number of fused-ring (bicyclic) bond motifs is 1. The minimum Gasteiger partial charge on any atom is -0.341 e. The summed E-state index contributed by atoms with van der Waals surface area (Å²) >= 11 is 0. The fraction of sp³-hybridized carbons (Fsp3) is 0.909. The van der Waals surface area contributed by atoms with Crippen molar-refractivity contribution in [1.29, 1.82) is 0 Å². The van der Waals surface area contributed by atoms with E-state index in [0.717, 1.165) is 58.8 Å². The van der Waals surface area contributed by atoms with Gasteiger partial charge in [0.1, 0.15) is 0 Å². The van der Waals surface area contributed by atoms with E-state index in [1.54, 1.807) is 0 Å². The van der Waals surface area contributed by atoms with Gasteiger partial charge in [-0.3, -0.25) is 14.5 Å². The van der Waals surface area contributed by atoms with Crippen LogP contribution in [0.4, 0.5) is 0 Å². The number of likely N-dealkylation sites (tertiary alicyclic amines) is 1. The first-order valence-corrected chi connectivity index (χ1v) is 11.5. The van der Waals surface area contributed by atoms with Crippen LogP contribution in [0.15, 0.2) is 0 Å². The summed E-state index contributed by atoms with van der Waals surface area (Å²) < 4.78 is 0. The molecule has 3 heterocycles. The Morgan fingerprint density at radius 3 is 2.43 bits per heavy atom. The zero-order chi connectivity index (χ0) is 19.7. The highest BCUT2D eigenvalue weighted by molar-refractivity contribution is 5.84. The van der Waals surface area contributed by atoms with E-state index in [1.807, 2.05) is 0 Å². The molecule has 0 aromatic heterocycles. The first-order valence-electron chi connectivity index (χ1n) is 11.5. The van der Waals surface area contributed by atoms with Crippen LogP contribution in [0.2, 0.25) is 0 Å². The van der Waals surface area contributed by atoms with Gasteiger partial charge in [-0.05, 0) is 43.6 Å². The van der Waals surface area contributed by atoms with Crippen molar-refractivity contribution >= 4 is 11.8 Å². The third-order valence-corrected chi connectivity index (χ3v) is 7.70. The molecule has 28 heavy (non-hydrogen) atoms. The molecule has 158 valence electrons. The van der Waals surface area contributed by atoms with Crippen LogP contribution in [0.25, 0.3) is 0 Å². The standard InChI is InChI=1S/C22H38N4O2/c1-17-11-18(2)14-26(13-17)20(27)15-24-7-9-25(10-8-24)21(28)22-6-4-3-5-19(22)12-23-16-22/h17-19,23H,3-16H2,1-2H3/t17?,18?,19-,22+/m0/s1. The molecule has 0 spiro atoms. The largest absolute Gasteiger partial charge is 0.341 e. The van der Waals surface area contributed by atoms with Crippen molar-refractivity contribution < 1.29 is 9.59 Å². The van der Waals surface area contributed by atoms with Crippen molar-refractivity contribution in [2.45, 2.75) is 46.0 Å². The summed E-state index contributed by atoms with van der Waals surface area (Å²) in [5, 5.41) is 3.50. The third-order valence-electron chi connectivity index (χ3n) is 7.70. The molecule has 3 saturated heterocycles. The zero-order valence-electron chi connectivity index (χ0n) is 17.8. The Labute approximate surface area is 170 Å². The maximum Gasteiger partial charge on any atom is 0.236 e. The lowest BCUT2D eigenvalue weighted by Crippen LogP contribution is -2.57. The van der Waals surface area contributed by atoms with Gasteiger partial charge in [-0.25, -0.2) is 0 Å². The quantitative estimate of drug-likeness (QED) is 0.792. The number of rotatable bonds is 3. The van der Waals surface area contributed by atoms with Crippen LogP contribution in [0.5, 0.6) is 0 Å². The number of nitrogens with one attached hydrogen (secondary N) is 1. The van der Waals surface area contributed by atoms with Crippen molar-refractivity contribution in [3.05, 3.63) is 0 Å². The molecule has 1 aliphatic carbocycles. The molecule has 4 fully saturated rings. The van der Waals surface area contributed by atoms with Crippen molar-refractivity contribution in [3.8, 4) is 0 Å². The van der Waals surface area contributed by atoms with Crippen LogP contribution in [0, 0.1) is 23.2 Å². The Balaban J connectivity index is 1.29. The molecular weight excluding hydrogens is 352 g/mol. The Bertz CT molecular complexity index is 579. The fourth-order valence-corrected chi connectivity index (χ4v) is 6.25. The van der Waals surface area contributed by atoms with Gasteiger partial charge in [-0.1, -0.05) is 26.7 Å². The second kappa shape index (κ2) is 8.31. The first kappa shape index (κ1) is 20.1. The number of carbonyl (C=O) groups is 2. The van der Waals surface area contributed by atoms with Gasteiger partial charge in [-0.2, -0.15) is 0 Å². The van der Waals surface area contributed by atoms with Crippen molar-refractivity contribution in [1.82, 2.24) is 20.0 Å². The maximum atomic E-state index is 13.4. The monoisotopic (exact) mass is 390 g/mol. The van der Waals surface area contributed by atoms with Gasteiger partial charge >= 0.3 is 0 Å². The molecular formula is C22H38N4O2. The lowest BCUT2D eigenvalue weighted by Gasteiger charge is -2.44. The van der Waals surface area contributed by atoms with Crippen LogP contribution >= 0.6 is 0 Å². The van der Waals surface area contributed by atoms with E-state index in [2.05, 4.69) is 33.9 Å². The van der Waals surface area contributed by atoms with Crippen molar-refractivity contribution in [2.75, 3.05) is 58.9 Å².